The Kier molecular flexibility index (Phi) is 2.76. The van der Waals surface area contributed by atoms with Gasteiger partial charge in [-0.3, -0.25) is 0 Å². The van der Waals surface area contributed by atoms with Crippen LogP contribution in [0.3, 0.4) is 0 Å². The molecule has 0 aliphatic heterocycles. The van der Waals surface area contributed by atoms with Crippen LogP contribution in [0.5, 0.6) is 0 Å². The highest BCUT2D eigenvalue weighted by atomic mass is 32.1. The first-order chi connectivity index (χ1) is 8.66. The van der Waals surface area contributed by atoms with Crippen LogP contribution >= 0.6 is 11.3 Å². The standard InChI is InChI=1S/C15H17NOS/c1-10-5-3-4-6-12(10)14-16-11(2)13(18-14)15(9-17)7-8-15/h3-6,17H,7-9H2,1-2H3. The molecule has 3 rings (SSSR count). The van der Waals surface area contributed by atoms with Crippen molar-refractivity contribution in [2.75, 3.05) is 6.61 Å². The van der Waals surface area contributed by atoms with E-state index in [4.69, 9.17) is 4.98 Å². The van der Waals surface area contributed by atoms with Gasteiger partial charge in [-0.1, -0.05) is 24.3 Å². The number of aliphatic hydroxyl groups excluding tert-OH is 1. The molecule has 1 saturated carbocycles. The van der Waals surface area contributed by atoms with Crippen LogP contribution in [0.4, 0.5) is 0 Å². The monoisotopic (exact) mass is 259 g/mol. The van der Waals surface area contributed by atoms with Crippen LogP contribution in [0.25, 0.3) is 10.6 Å². The quantitative estimate of drug-likeness (QED) is 0.915. The Bertz CT molecular complexity index is 584. The van der Waals surface area contributed by atoms with Gasteiger partial charge in [0, 0.05) is 15.9 Å². The summed E-state index contributed by atoms with van der Waals surface area (Å²) in [5, 5.41) is 10.6. The van der Waals surface area contributed by atoms with E-state index in [9.17, 15) is 5.11 Å². The molecule has 2 nitrogen and oxygen atoms in total. The molecule has 1 aliphatic rings. The van der Waals surface area contributed by atoms with Crippen LogP contribution in [0, 0.1) is 13.8 Å². The van der Waals surface area contributed by atoms with Gasteiger partial charge in [-0.25, -0.2) is 4.98 Å². The maximum Gasteiger partial charge on any atom is 0.124 e. The zero-order chi connectivity index (χ0) is 12.8. The number of benzene rings is 1. The topological polar surface area (TPSA) is 33.1 Å². The highest BCUT2D eigenvalue weighted by molar-refractivity contribution is 7.15. The minimum Gasteiger partial charge on any atom is -0.395 e. The Morgan fingerprint density at radius 3 is 2.61 bits per heavy atom. The van der Waals surface area contributed by atoms with Crippen LogP contribution in [-0.4, -0.2) is 16.7 Å². The predicted octanol–water partition coefficient (Wildman–Crippen LogP) is 3.45. The van der Waals surface area contributed by atoms with Crippen molar-refractivity contribution in [3.05, 3.63) is 40.4 Å². The Balaban J connectivity index is 2.06. The van der Waals surface area contributed by atoms with Gasteiger partial charge in [0.1, 0.15) is 5.01 Å². The number of thiazole rings is 1. The summed E-state index contributed by atoms with van der Waals surface area (Å²) in [6.07, 6.45) is 2.19. The molecule has 18 heavy (non-hydrogen) atoms. The normalized spacial score (nSPS) is 16.8. The first-order valence-corrected chi connectivity index (χ1v) is 7.13. The molecule has 2 aromatic rings. The zero-order valence-corrected chi connectivity index (χ0v) is 11.5. The molecule has 1 aliphatic carbocycles. The Morgan fingerprint density at radius 2 is 2.00 bits per heavy atom. The van der Waals surface area contributed by atoms with E-state index < -0.39 is 0 Å². The van der Waals surface area contributed by atoms with E-state index in [2.05, 4.69) is 38.1 Å². The van der Waals surface area contributed by atoms with Gasteiger partial charge in [-0.2, -0.15) is 0 Å². The molecule has 0 bridgehead atoms. The molecular weight excluding hydrogens is 242 g/mol. The van der Waals surface area contributed by atoms with Crippen molar-refractivity contribution in [1.82, 2.24) is 4.98 Å². The number of aromatic nitrogens is 1. The molecule has 1 fully saturated rings. The number of hydrogen-bond donors (Lipinski definition) is 1. The second-order valence-corrected chi connectivity index (χ2v) is 6.19. The molecule has 0 amide bonds. The van der Waals surface area contributed by atoms with Crippen LogP contribution < -0.4 is 0 Å². The van der Waals surface area contributed by atoms with Crippen LogP contribution in [-0.2, 0) is 5.41 Å². The number of rotatable bonds is 3. The summed E-state index contributed by atoms with van der Waals surface area (Å²) in [5.74, 6) is 0. The SMILES string of the molecule is Cc1ccccc1-c1nc(C)c(C2(CO)CC2)s1. The van der Waals surface area contributed by atoms with Gasteiger partial charge >= 0.3 is 0 Å². The average Bonchev–Trinajstić information content (AvgIpc) is 3.07. The smallest absolute Gasteiger partial charge is 0.124 e. The van der Waals surface area contributed by atoms with Gasteiger partial charge in [-0.15, -0.1) is 11.3 Å². The number of aryl methyl sites for hydroxylation is 2. The first-order valence-electron chi connectivity index (χ1n) is 6.31. The maximum atomic E-state index is 9.55. The molecule has 1 aromatic heterocycles. The van der Waals surface area contributed by atoms with E-state index >= 15 is 0 Å². The fraction of sp³-hybridized carbons (Fsp3) is 0.400. The molecule has 1 N–H and O–H groups in total. The van der Waals surface area contributed by atoms with E-state index in [0.717, 1.165) is 23.5 Å². The predicted molar refractivity (Wildman–Crippen MR) is 75.0 cm³/mol. The lowest BCUT2D eigenvalue weighted by Gasteiger charge is -2.08. The number of hydrogen-bond acceptors (Lipinski definition) is 3. The van der Waals surface area contributed by atoms with Crippen LogP contribution in [0.2, 0.25) is 0 Å². The Hall–Kier alpha value is -1.19. The van der Waals surface area contributed by atoms with E-state index in [1.807, 2.05) is 0 Å². The van der Waals surface area contributed by atoms with Crippen LogP contribution in [0.15, 0.2) is 24.3 Å². The van der Waals surface area contributed by atoms with Gasteiger partial charge in [0.15, 0.2) is 0 Å². The zero-order valence-electron chi connectivity index (χ0n) is 10.7. The third kappa shape index (κ3) is 1.78. The van der Waals surface area contributed by atoms with Gasteiger partial charge in [0.25, 0.3) is 0 Å². The van der Waals surface area contributed by atoms with E-state index in [1.165, 1.54) is 16.0 Å². The molecule has 3 heteroatoms. The van der Waals surface area contributed by atoms with Crippen LogP contribution in [0.1, 0.15) is 29.0 Å². The van der Waals surface area contributed by atoms with Crippen molar-refractivity contribution in [2.24, 2.45) is 0 Å². The van der Waals surface area contributed by atoms with Crippen molar-refractivity contribution < 1.29 is 5.11 Å². The molecule has 1 heterocycles. The molecule has 0 radical (unpaired) electrons. The van der Waals surface area contributed by atoms with E-state index in [0.29, 0.717) is 0 Å². The lowest BCUT2D eigenvalue weighted by atomic mass is 10.1. The third-order valence-corrected chi connectivity index (χ3v) is 5.25. The Labute approximate surface area is 111 Å². The largest absolute Gasteiger partial charge is 0.395 e. The number of nitrogens with zero attached hydrogens (tertiary/aromatic N) is 1. The second-order valence-electron chi connectivity index (χ2n) is 5.19. The minimum atomic E-state index is 0.0304. The van der Waals surface area contributed by atoms with Gasteiger partial charge < -0.3 is 5.11 Å². The summed E-state index contributed by atoms with van der Waals surface area (Å²) >= 11 is 1.75. The maximum absolute atomic E-state index is 9.55. The number of aliphatic hydroxyl groups is 1. The summed E-state index contributed by atoms with van der Waals surface area (Å²) in [5.41, 5.74) is 3.59. The molecule has 0 saturated heterocycles. The fourth-order valence-corrected chi connectivity index (χ4v) is 3.82. The van der Waals surface area contributed by atoms with Gasteiger partial charge in [-0.05, 0) is 32.3 Å². The lowest BCUT2D eigenvalue weighted by Crippen LogP contribution is -2.11. The van der Waals surface area contributed by atoms with Crippen molar-refractivity contribution in [3.8, 4) is 10.6 Å². The fourth-order valence-electron chi connectivity index (χ4n) is 2.42. The lowest BCUT2D eigenvalue weighted by molar-refractivity contribution is 0.256. The van der Waals surface area contributed by atoms with Crippen molar-refractivity contribution >= 4 is 11.3 Å². The van der Waals surface area contributed by atoms with Gasteiger partial charge in [0.2, 0.25) is 0 Å². The molecule has 0 atom stereocenters. The summed E-state index contributed by atoms with van der Waals surface area (Å²) in [6, 6.07) is 8.34. The highest BCUT2D eigenvalue weighted by Gasteiger charge is 2.46. The molecule has 0 unspecified atom stereocenters. The third-order valence-electron chi connectivity index (χ3n) is 3.81. The Morgan fingerprint density at radius 1 is 1.28 bits per heavy atom. The highest BCUT2D eigenvalue weighted by Crippen LogP contribution is 2.52. The minimum absolute atomic E-state index is 0.0304. The van der Waals surface area contributed by atoms with Crippen molar-refractivity contribution in [2.45, 2.75) is 32.1 Å². The van der Waals surface area contributed by atoms with Gasteiger partial charge in [0.05, 0.1) is 12.3 Å². The summed E-state index contributed by atoms with van der Waals surface area (Å²) < 4.78 is 0. The summed E-state index contributed by atoms with van der Waals surface area (Å²) in [7, 11) is 0. The van der Waals surface area contributed by atoms with Crippen molar-refractivity contribution in [1.29, 1.82) is 0 Å². The molecule has 1 aromatic carbocycles. The van der Waals surface area contributed by atoms with Crippen molar-refractivity contribution in [3.63, 3.8) is 0 Å². The molecule has 0 spiro atoms. The average molecular weight is 259 g/mol. The molecular formula is C15H17NOS. The second kappa shape index (κ2) is 4.18. The first kappa shape index (κ1) is 11.9. The summed E-state index contributed by atoms with van der Waals surface area (Å²) in [6.45, 7) is 4.43. The van der Waals surface area contributed by atoms with E-state index in [-0.39, 0.29) is 12.0 Å². The summed E-state index contributed by atoms with van der Waals surface area (Å²) in [4.78, 5) is 5.98. The molecule has 94 valence electrons. The van der Waals surface area contributed by atoms with E-state index in [1.54, 1.807) is 11.3 Å².